The Balaban J connectivity index is 1.55. The Labute approximate surface area is 166 Å². The molecule has 2 aromatic carbocycles. The molecule has 0 saturated heterocycles. The summed E-state index contributed by atoms with van der Waals surface area (Å²) in [7, 11) is 0. The standard InChI is InChI=1S/C26H38O/c1-3-5-7-8-18-27-26-17-16-24-19-23(14-15-25(24)20-26)22-12-10-21(11-13-22)9-6-4-2/h14-17,19-22H,3-13,18H2,1-2H3/t21-,22-. The predicted octanol–water partition coefficient (Wildman–Crippen LogP) is 8.26. The molecule has 148 valence electrons. The quantitative estimate of drug-likeness (QED) is 0.384. The topological polar surface area (TPSA) is 9.23 Å². The van der Waals surface area contributed by atoms with E-state index < -0.39 is 0 Å². The molecule has 1 heteroatoms. The fraction of sp³-hybridized carbons (Fsp3) is 0.615. The maximum atomic E-state index is 5.95. The van der Waals surface area contributed by atoms with Gasteiger partial charge < -0.3 is 4.74 Å². The molecule has 0 spiro atoms. The lowest BCUT2D eigenvalue weighted by Gasteiger charge is -2.29. The monoisotopic (exact) mass is 366 g/mol. The van der Waals surface area contributed by atoms with E-state index in [9.17, 15) is 0 Å². The average Bonchev–Trinajstić information content (AvgIpc) is 2.72. The largest absolute Gasteiger partial charge is 0.494 e. The van der Waals surface area contributed by atoms with Gasteiger partial charge in [0, 0.05) is 0 Å². The first kappa shape index (κ1) is 20.2. The summed E-state index contributed by atoms with van der Waals surface area (Å²) in [6.07, 6.45) is 14.8. The molecular weight excluding hydrogens is 328 g/mol. The molecule has 0 N–H and O–H groups in total. The number of fused-ring (bicyclic) bond motifs is 1. The van der Waals surface area contributed by atoms with Gasteiger partial charge in [0.2, 0.25) is 0 Å². The molecule has 1 saturated carbocycles. The number of rotatable bonds is 10. The van der Waals surface area contributed by atoms with Crippen molar-refractivity contribution in [2.75, 3.05) is 6.61 Å². The summed E-state index contributed by atoms with van der Waals surface area (Å²) < 4.78 is 5.95. The third-order valence-corrected chi connectivity index (χ3v) is 6.39. The van der Waals surface area contributed by atoms with Gasteiger partial charge in [-0.2, -0.15) is 0 Å². The highest BCUT2D eigenvalue weighted by atomic mass is 16.5. The van der Waals surface area contributed by atoms with Crippen LogP contribution in [0.5, 0.6) is 5.75 Å². The summed E-state index contributed by atoms with van der Waals surface area (Å²) in [4.78, 5) is 0. The summed E-state index contributed by atoms with van der Waals surface area (Å²) in [5.41, 5.74) is 1.55. The predicted molar refractivity (Wildman–Crippen MR) is 118 cm³/mol. The molecule has 0 atom stereocenters. The Morgan fingerprint density at radius 3 is 2.30 bits per heavy atom. The highest BCUT2D eigenvalue weighted by molar-refractivity contribution is 5.84. The minimum Gasteiger partial charge on any atom is -0.494 e. The molecule has 3 rings (SSSR count). The van der Waals surface area contributed by atoms with E-state index in [1.807, 2.05) is 0 Å². The van der Waals surface area contributed by atoms with Crippen LogP contribution in [0, 0.1) is 5.92 Å². The fourth-order valence-electron chi connectivity index (χ4n) is 4.58. The van der Waals surface area contributed by atoms with Gasteiger partial charge in [0.1, 0.15) is 5.75 Å². The lowest BCUT2D eigenvalue weighted by Crippen LogP contribution is -2.13. The average molecular weight is 367 g/mol. The van der Waals surface area contributed by atoms with Gasteiger partial charge in [0.25, 0.3) is 0 Å². The maximum absolute atomic E-state index is 5.95. The first-order chi connectivity index (χ1) is 13.3. The molecule has 0 bridgehead atoms. The zero-order valence-corrected chi connectivity index (χ0v) is 17.5. The van der Waals surface area contributed by atoms with Crippen LogP contribution in [-0.4, -0.2) is 6.61 Å². The van der Waals surface area contributed by atoms with Crippen LogP contribution in [0.25, 0.3) is 10.8 Å². The van der Waals surface area contributed by atoms with Gasteiger partial charge in [-0.15, -0.1) is 0 Å². The Morgan fingerprint density at radius 1 is 0.778 bits per heavy atom. The van der Waals surface area contributed by atoms with Crippen molar-refractivity contribution in [2.24, 2.45) is 5.92 Å². The molecule has 1 aliphatic carbocycles. The van der Waals surface area contributed by atoms with Crippen LogP contribution in [-0.2, 0) is 0 Å². The highest BCUT2D eigenvalue weighted by Gasteiger charge is 2.22. The molecule has 1 aliphatic rings. The Bertz CT molecular complexity index is 682. The smallest absolute Gasteiger partial charge is 0.119 e. The maximum Gasteiger partial charge on any atom is 0.119 e. The van der Waals surface area contributed by atoms with Gasteiger partial charge in [-0.25, -0.2) is 0 Å². The van der Waals surface area contributed by atoms with Gasteiger partial charge in [-0.3, -0.25) is 0 Å². The number of benzene rings is 2. The SMILES string of the molecule is CCCCCCOc1ccc2cc([C@H]3CC[C@H](CCCC)CC3)ccc2c1. The summed E-state index contributed by atoms with van der Waals surface area (Å²) in [5, 5.41) is 2.67. The van der Waals surface area contributed by atoms with Crippen molar-refractivity contribution < 1.29 is 4.74 Å². The second kappa shape index (κ2) is 10.7. The molecule has 0 aromatic heterocycles. The molecule has 0 aliphatic heterocycles. The molecule has 0 radical (unpaired) electrons. The van der Waals surface area contributed by atoms with E-state index in [4.69, 9.17) is 4.74 Å². The Hall–Kier alpha value is -1.50. The van der Waals surface area contributed by atoms with Gasteiger partial charge >= 0.3 is 0 Å². The first-order valence-corrected chi connectivity index (χ1v) is 11.5. The summed E-state index contributed by atoms with van der Waals surface area (Å²) in [6, 6.07) is 13.7. The first-order valence-electron chi connectivity index (χ1n) is 11.5. The summed E-state index contributed by atoms with van der Waals surface area (Å²) in [6.45, 7) is 5.39. The molecule has 2 aromatic rings. The number of hydrogen-bond donors (Lipinski definition) is 0. The van der Waals surface area contributed by atoms with E-state index in [0.717, 1.165) is 30.6 Å². The van der Waals surface area contributed by atoms with Gasteiger partial charge in [0.15, 0.2) is 0 Å². The minimum atomic E-state index is 0.766. The lowest BCUT2D eigenvalue weighted by atomic mass is 9.77. The van der Waals surface area contributed by atoms with Crippen LogP contribution >= 0.6 is 0 Å². The zero-order valence-electron chi connectivity index (χ0n) is 17.5. The van der Waals surface area contributed by atoms with Crippen LogP contribution in [0.2, 0.25) is 0 Å². The van der Waals surface area contributed by atoms with Gasteiger partial charge in [-0.05, 0) is 72.4 Å². The van der Waals surface area contributed by atoms with E-state index in [-0.39, 0.29) is 0 Å². The highest BCUT2D eigenvalue weighted by Crippen LogP contribution is 2.38. The van der Waals surface area contributed by atoms with E-state index in [2.05, 4.69) is 50.2 Å². The van der Waals surface area contributed by atoms with Crippen molar-refractivity contribution in [3.63, 3.8) is 0 Å². The van der Waals surface area contributed by atoms with Crippen LogP contribution in [0.1, 0.15) is 96.0 Å². The molecular formula is C26H38O. The Kier molecular flexibility index (Phi) is 8.05. The Morgan fingerprint density at radius 2 is 1.52 bits per heavy atom. The molecule has 0 unspecified atom stereocenters. The summed E-state index contributed by atoms with van der Waals surface area (Å²) in [5.74, 6) is 2.77. The third-order valence-electron chi connectivity index (χ3n) is 6.39. The van der Waals surface area contributed by atoms with Crippen molar-refractivity contribution in [3.8, 4) is 5.75 Å². The van der Waals surface area contributed by atoms with Crippen LogP contribution < -0.4 is 4.74 Å². The molecule has 1 nitrogen and oxygen atoms in total. The van der Waals surface area contributed by atoms with E-state index in [1.165, 1.54) is 75.0 Å². The second-order valence-corrected chi connectivity index (χ2v) is 8.54. The van der Waals surface area contributed by atoms with Crippen molar-refractivity contribution >= 4 is 10.8 Å². The van der Waals surface area contributed by atoms with Crippen LogP contribution in [0.4, 0.5) is 0 Å². The van der Waals surface area contributed by atoms with Crippen molar-refractivity contribution in [1.29, 1.82) is 0 Å². The van der Waals surface area contributed by atoms with Crippen molar-refractivity contribution in [1.82, 2.24) is 0 Å². The van der Waals surface area contributed by atoms with Gasteiger partial charge in [-0.1, -0.05) is 76.6 Å². The molecule has 0 heterocycles. The van der Waals surface area contributed by atoms with Crippen molar-refractivity contribution in [2.45, 2.75) is 90.4 Å². The van der Waals surface area contributed by atoms with E-state index in [1.54, 1.807) is 5.56 Å². The summed E-state index contributed by atoms with van der Waals surface area (Å²) >= 11 is 0. The number of ether oxygens (including phenoxy) is 1. The van der Waals surface area contributed by atoms with Crippen LogP contribution in [0.15, 0.2) is 36.4 Å². The molecule has 27 heavy (non-hydrogen) atoms. The van der Waals surface area contributed by atoms with Crippen LogP contribution in [0.3, 0.4) is 0 Å². The number of hydrogen-bond acceptors (Lipinski definition) is 1. The second-order valence-electron chi connectivity index (χ2n) is 8.54. The van der Waals surface area contributed by atoms with E-state index >= 15 is 0 Å². The molecule has 0 amide bonds. The fourth-order valence-corrected chi connectivity index (χ4v) is 4.58. The van der Waals surface area contributed by atoms with E-state index in [0.29, 0.717) is 0 Å². The number of unbranched alkanes of at least 4 members (excludes halogenated alkanes) is 4. The molecule has 1 fully saturated rings. The normalized spacial score (nSPS) is 20.1. The van der Waals surface area contributed by atoms with Gasteiger partial charge in [0.05, 0.1) is 6.61 Å². The van der Waals surface area contributed by atoms with Crippen molar-refractivity contribution in [3.05, 3.63) is 42.0 Å². The third kappa shape index (κ3) is 5.99. The zero-order chi connectivity index (χ0) is 18.9. The lowest BCUT2D eigenvalue weighted by molar-refractivity contribution is 0.304. The minimum absolute atomic E-state index is 0.766.